The summed E-state index contributed by atoms with van der Waals surface area (Å²) in [5.41, 5.74) is 1.28. The molecule has 1 aromatic heterocycles. The van der Waals surface area contributed by atoms with Crippen LogP contribution in [-0.4, -0.2) is 13.2 Å². The molecule has 1 N–H and O–H groups in total. The van der Waals surface area contributed by atoms with Gasteiger partial charge in [0.15, 0.2) is 0 Å². The van der Waals surface area contributed by atoms with Gasteiger partial charge in [0, 0.05) is 17.8 Å². The molecule has 2 rings (SSSR count). The summed E-state index contributed by atoms with van der Waals surface area (Å²) in [6.45, 7) is 7.13. The van der Waals surface area contributed by atoms with E-state index in [1.807, 2.05) is 6.07 Å². The van der Waals surface area contributed by atoms with Crippen molar-refractivity contribution >= 4 is 11.3 Å². The fourth-order valence-electron chi connectivity index (χ4n) is 1.97. The van der Waals surface area contributed by atoms with Crippen LogP contribution < -0.4 is 10.1 Å². The van der Waals surface area contributed by atoms with Gasteiger partial charge in [-0.15, -0.1) is 11.3 Å². The van der Waals surface area contributed by atoms with E-state index in [9.17, 15) is 0 Å². The molecule has 0 aliphatic rings. The number of hydrogen-bond acceptors (Lipinski definition) is 3. The van der Waals surface area contributed by atoms with E-state index in [1.165, 1.54) is 10.4 Å². The number of hydrogen-bond donors (Lipinski definition) is 1. The zero-order chi connectivity index (χ0) is 14.2. The van der Waals surface area contributed by atoms with Crippen molar-refractivity contribution in [2.24, 2.45) is 5.92 Å². The molecule has 2 aromatic rings. The third-order valence-corrected chi connectivity index (χ3v) is 3.91. The van der Waals surface area contributed by atoms with Crippen LogP contribution in [0.15, 0.2) is 41.8 Å². The predicted molar refractivity (Wildman–Crippen MR) is 86.5 cm³/mol. The Labute approximate surface area is 125 Å². The maximum Gasteiger partial charge on any atom is 0.119 e. The second kappa shape index (κ2) is 8.08. The largest absolute Gasteiger partial charge is 0.493 e. The molecule has 0 saturated carbocycles. The monoisotopic (exact) mass is 289 g/mol. The lowest BCUT2D eigenvalue weighted by Gasteiger charge is -2.10. The Morgan fingerprint density at radius 1 is 1.20 bits per heavy atom. The third-order valence-electron chi connectivity index (χ3n) is 2.98. The van der Waals surface area contributed by atoms with Gasteiger partial charge in [0.2, 0.25) is 0 Å². The maximum atomic E-state index is 5.83. The highest BCUT2D eigenvalue weighted by Gasteiger charge is 1.99. The second-order valence-electron chi connectivity index (χ2n) is 5.35. The van der Waals surface area contributed by atoms with E-state index < -0.39 is 0 Å². The summed E-state index contributed by atoms with van der Waals surface area (Å²) in [4.78, 5) is 1.37. The predicted octanol–water partition coefficient (Wildman–Crippen LogP) is 4.12. The first-order valence-corrected chi connectivity index (χ1v) is 8.07. The maximum absolute atomic E-state index is 5.83. The lowest BCUT2D eigenvalue weighted by molar-refractivity contribution is 0.322. The number of thiophene rings is 1. The molecule has 0 radical (unpaired) electrons. The van der Waals surface area contributed by atoms with Gasteiger partial charge in [0.1, 0.15) is 5.75 Å². The van der Waals surface area contributed by atoms with Crippen LogP contribution in [0.25, 0.3) is 0 Å². The van der Waals surface area contributed by atoms with Gasteiger partial charge in [-0.1, -0.05) is 32.0 Å². The molecule has 20 heavy (non-hydrogen) atoms. The Balaban J connectivity index is 1.77. The van der Waals surface area contributed by atoms with E-state index in [4.69, 9.17) is 4.74 Å². The van der Waals surface area contributed by atoms with Crippen LogP contribution in [-0.2, 0) is 13.0 Å². The van der Waals surface area contributed by atoms with Gasteiger partial charge < -0.3 is 10.1 Å². The zero-order valence-corrected chi connectivity index (χ0v) is 13.1. The smallest absolute Gasteiger partial charge is 0.119 e. The van der Waals surface area contributed by atoms with Gasteiger partial charge in [0.25, 0.3) is 0 Å². The van der Waals surface area contributed by atoms with E-state index in [0.717, 1.165) is 31.9 Å². The molecule has 108 valence electrons. The van der Waals surface area contributed by atoms with Crippen molar-refractivity contribution in [3.8, 4) is 5.75 Å². The van der Waals surface area contributed by atoms with Crippen LogP contribution in [0, 0.1) is 5.92 Å². The molecule has 3 heteroatoms. The molecule has 1 heterocycles. The van der Waals surface area contributed by atoms with Gasteiger partial charge in [-0.05, 0) is 41.6 Å². The lowest BCUT2D eigenvalue weighted by Crippen LogP contribution is -2.18. The number of benzene rings is 1. The molecule has 2 nitrogen and oxygen atoms in total. The summed E-state index contributed by atoms with van der Waals surface area (Å²) in [7, 11) is 0. The Hall–Kier alpha value is -1.32. The van der Waals surface area contributed by atoms with Crippen LogP contribution in [0.3, 0.4) is 0 Å². The normalized spacial score (nSPS) is 10.9. The van der Waals surface area contributed by atoms with Gasteiger partial charge in [-0.2, -0.15) is 0 Å². The van der Waals surface area contributed by atoms with E-state index >= 15 is 0 Å². The molecule has 0 atom stereocenters. The van der Waals surface area contributed by atoms with Crippen molar-refractivity contribution in [1.82, 2.24) is 5.32 Å². The summed E-state index contributed by atoms with van der Waals surface area (Å²) < 4.78 is 5.83. The van der Waals surface area contributed by atoms with Crippen LogP contribution in [0.4, 0.5) is 0 Å². The third kappa shape index (κ3) is 5.35. The summed E-state index contributed by atoms with van der Waals surface area (Å²) in [6.07, 6.45) is 0.980. The Kier molecular flexibility index (Phi) is 6.09. The quantitative estimate of drug-likeness (QED) is 0.789. The molecule has 0 aliphatic carbocycles. The minimum atomic E-state index is 0.681. The number of ether oxygens (including phenoxy) is 1. The molecule has 0 bridgehead atoms. The first kappa shape index (κ1) is 15.1. The standard InChI is InChI=1S/C17H23NOS/c1-14(2)12-18-13-15-5-3-6-16(11-15)19-9-8-17-7-4-10-20-17/h3-7,10-11,14,18H,8-9,12-13H2,1-2H3. The van der Waals surface area contributed by atoms with Crippen molar-refractivity contribution < 1.29 is 4.74 Å². The van der Waals surface area contributed by atoms with E-state index in [2.05, 4.69) is 54.9 Å². The molecule has 1 aromatic carbocycles. The van der Waals surface area contributed by atoms with Crippen molar-refractivity contribution in [3.05, 3.63) is 52.2 Å². The highest BCUT2D eigenvalue weighted by molar-refractivity contribution is 7.09. The molecule has 0 saturated heterocycles. The van der Waals surface area contributed by atoms with Crippen LogP contribution in [0.2, 0.25) is 0 Å². The molecular formula is C17H23NOS. The van der Waals surface area contributed by atoms with Gasteiger partial charge in [-0.25, -0.2) is 0 Å². The molecular weight excluding hydrogens is 266 g/mol. The van der Waals surface area contributed by atoms with E-state index in [1.54, 1.807) is 11.3 Å². The van der Waals surface area contributed by atoms with Crippen molar-refractivity contribution in [2.75, 3.05) is 13.2 Å². The Morgan fingerprint density at radius 3 is 2.85 bits per heavy atom. The van der Waals surface area contributed by atoms with Crippen molar-refractivity contribution in [3.63, 3.8) is 0 Å². The SMILES string of the molecule is CC(C)CNCc1cccc(OCCc2cccs2)c1. The molecule has 0 spiro atoms. The zero-order valence-electron chi connectivity index (χ0n) is 12.3. The highest BCUT2D eigenvalue weighted by atomic mass is 32.1. The molecule has 0 unspecified atom stereocenters. The van der Waals surface area contributed by atoms with Gasteiger partial charge in [-0.3, -0.25) is 0 Å². The summed E-state index contributed by atoms with van der Waals surface area (Å²) >= 11 is 1.78. The second-order valence-corrected chi connectivity index (χ2v) is 6.38. The first-order chi connectivity index (χ1) is 9.74. The van der Waals surface area contributed by atoms with Crippen LogP contribution in [0.5, 0.6) is 5.75 Å². The molecule has 0 amide bonds. The first-order valence-electron chi connectivity index (χ1n) is 7.19. The lowest BCUT2D eigenvalue weighted by atomic mass is 10.2. The average Bonchev–Trinajstić information content (AvgIpc) is 2.92. The van der Waals surface area contributed by atoms with E-state index in [0.29, 0.717) is 5.92 Å². The van der Waals surface area contributed by atoms with Crippen molar-refractivity contribution in [2.45, 2.75) is 26.8 Å². The molecule has 0 aliphatic heterocycles. The molecule has 0 fully saturated rings. The fourth-order valence-corrected chi connectivity index (χ4v) is 2.66. The van der Waals surface area contributed by atoms with Crippen LogP contribution >= 0.6 is 11.3 Å². The number of rotatable bonds is 8. The highest BCUT2D eigenvalue weighted by Crippen LogP contribution is 2.15. The van der Waals surface area contributed by atoms with Gasteiger partial charge in [0.05, 0.1) is 6.61 Å². The summed E-state index contributed by atoms with van der Waals surface area (Å²) in [6, 6.07) is 12.6. The average molecular weight is 289 g/mol. The summed E-state index contributed by atoms with van der Waals surface area (Å²) in [5.74, 6) is 1.64. The number of nitrogens with one attached hydrogen (secondary N) is 1. The van der Waals surface area contributed by atoms with Gasteiger partial charge >= 0.3 is 0 Å². The van der Waals surface area contributed by atoms with E-state index in [-0.39, 0.29) is 0 Å². The topological polar surface area (TPSA) is 21.3 Å². The van der Waals surface area contributed by atoms with Crippen molar-refractivity contribution in [1.29, 1.82) is 0 Å². The minimum Gasteiger partial charge on any atom is -0.493 e. The Morgan fingerprint density at radius 2 is 2.10 bits per heavy atom. The minimum absolute atomic E-state index is 0.681. The Bertz CT molecular complexity index is 493. The summed E-state index contributed by atoms with van der Waals surface area (Å²) in [5, 5.41) is 5.56. The van der Waals surface area contributed by atoms with Crippen LogP contribution in [0.1, 0.15) is 24.3 Å². The fraction of sp³-hybridized carbons (Fsp3) is 0.412.